The molecule has 1 aliphatic rings. The molecule has 2 aromatic heterocycles. The average Bonchev–Trinajstić information content (AvgIpc) is 3.59. The van der Waals surface area contributed by atoms with Gasteiger partial charge in [-0.25, -0.2) is 9.78 Å². The van der Waals surface area contributed by atoms with Crippen molar-refractivity contribution >= 4 is 0 Å². The number of aryl methyl sites for hydroxylation is 3. The molecule has 0 spiro atoms. The number of aliphatic hydroxyl groups is 1. The number of aliphatic hydroxyl groups excluding tert-OH is 1. The lowest BCUT2D eigenvalue weighted by molar-refractivity contribution is 0.180. The van der Waals surface area contributed by atoms with Crippen LogP contribution in [-0.4, -0.2) is 24.8 Å². The monoisotopic (exact) mass is 548 g/mol. The van der Waals surface area contributed by atoms with Crippen LogP contribution >= 0.6 is 0 Å². The molecule has 0 amide bonds. The number of H-pyrrole nitrogens is 1. The first kappa shape index (κ1) is 26.7. The summed E-state index contributed by atoms with van der Waals surface area (Å²) in [6, 6.07) is 21.6. The smallest absolute Gasteiger partial charge is 0.388 e. The normalized spacial score (nSPS) is 14.4. The SMILES string of the molecule is CCCCc1nc(C)n(-c2ccc3c(c2)CCC3O)c(=O)c1Cc1ccc(-c2ccccc2-c2noc(=O)[nH]2)cc1. The van der Waals surface area contributed by atoms with E-state index in [-0.39, 0.29) is 5.56 Å². The molecule has 6 rings (SSSR count). The molecule has 41 heavy (non-hydrogen) atoms. The van der Waals surface area contributed by atoms with Gasteiger partial charge >= 0.3 is 5.76 Å². The Morgan fingerprint density at radius 2 is 1.83 bits per heavy atom. The molecular weight excluding hydrogens is 516 g/mol. The van der Waals surface area contributed by atoms with E-state index in [4.69, 9.17) is 9.51 Å². The van der Waals surface area contributed by atoms with Crippen LogP contribution in [-0.2, 0) is 19.3 Å². The van der Waals surface area contributed by atoms with Crippen LogP contribution < -0.4 is 11.3 Å². The summed E-state index contributed by atoms with van der Waals surface area (Å²) in [4.78, 5) is 33.1. The zero-order chi connectivity index (χ0) is 28.5. The number of aromatic nitrogens is 4. The van der Waals surface area contributed by atoms with Crippen molar-refractivity contribution in [1.29, 1.82) is 0 Å². The fourth-order valence-corrected chi connectivity index (χ4v) is 5.76. The van der Waals surface area contributed by atoms with Crippen molar-refractivity contribution in [2.45, 2.75) is 58.5 Å². The largest absolute Gasteiger partial charge is 0.439 e. The number of unbranched alkanes of at least 4 members (excludes halogenated alkanes) is 1. The summed E-state index contributed by atoms with van der Waals surface area (Å²) in [5.41, 5.74) is 7.97. The van der Waals surface area contributed by atoms with Gasteiger partial charge in [-0.15, -0.1) is 0 Å². The molecule has 0 saturated carbocycles. The van der Waals surface area contributed by atoms with Crippen molar-refractivity contribution in [3.8, 4) is 28.2 Å². The van der Waals surface area contributed by atoms with Gasteiger partial charge in [0.15, 0.2) is 5.82 Å². The van der Waals surface area contributed by atoms with Crippen LogP contribution in [0.3, 0.4) is 0 Å². The Balaban J connectivity index is 1.36. The summed E-state index contributed by atoms with van der Waals surface area (Å²) in [7, 11) is 0. The zero-order valence-corrected chi connectivity index (χ0v) is 23.2. The van der Waals surface area contributed by atoms with E-state index < -0.39 is 11.9 Å². The van der Waals surface area contributed by atoms with Crippen LogP contribution in [0.5, 0.6) is 0 Å². The molecule has 5 aromatic rings. The third kappa shape index (κ3) is 5.18. The Kier molecular flexibility index (Phi) is 7.24. The maximum Gasteiger partial charge on any atom is 0.439 e. The van der Waals surface area contributed by atoms with Crippen molar-refractivity contribution in [1.82, 2.24) is 19.7 Å². The van der Waals surface area contributed by atoms with E-state index in [0.29, 0.717) is 30.1 Å². The molecule has 0 aliphatic heterocycles. The van der Waals surface area contributed by atoms with E-state index >= 15 is 0 Å². The number of nitrogens with zero attached hydrogens (tertiary/aromatic N) is 3. The van der Waals surface area contributed by atoms with E-state index in [0.717, 1.165) is 70.4 Å². The Morgan fingerprint density at radius 1 is 1.05 bits per heavy atom. The van der Waals surface area contributed by atoms with Gasteiger partial charge in [-0.2, -0.15) is 0 Å². The molecule has 1 aliphatic carbocycles. The lowest BCUT2D eigenvalue weighted by atomic mass is 9.96. The Bertz CT molecular complexity index is 1830. The zero-order valence-electron chi connectivity index (χ0n) is 23.2. The minimum absolute atomic E-state index is 0.0495. The van der Waals surface area contributed by atoms with E-state index in [1.54, 1.807) is 4.57 Å². The Morgan fingerprint density at radius 3 is 2.56 bits per heavy atom. The van der Waals surface area contributed by atoms with Gasteiger partial charge < -0.3 is 5.11 Å². The van der Waals surface area contributed by atoms with Gasteiger partial charge in [-0.05, 0) is 72.6 Å². The van der Waals surface area contributed by atoms with Gasteiger partial charge in [-0.1, -0.05) is 73.1 Å². The van der Waals surface area contributed by atoms with Gasteiger partial charge in [0.1, 0.15) is 5.82 Å². The highest BCUT2D eigenvalue weighted by atomic mass is 16.5. The molecule has 0 radical (unpaired) electrons. The molecule has 2 N–H and O–H groups in total. The van der Waals surface area contributed by atoms with Crippen LogP contribution in [0.25, 0.3) is 28.2 Å². The first-order valence-electron chi connectivity index (χ1n) is 14.1. The van der Waals surface area contributed by atoms with E-state index in [9.17, 15) is 14.7 Å². The van der Waals surface area contributed by atoms with Crippen molar-refractivity contribution in [2.24, 2.45) is 0 Å². The van der Waals surface area contributed by atoms with Crippen molar-refractivity contribution < 1.29 is 9.63 Å². The number of rotatable bonds is 8. The topological polar surface area (TPSA) is 114 Å². The number of aromatic amines is 1. The van der Waals surface area contributed by atoms with Gasteiger partial charge in [-0.3, -0.25) is 18.9 Å². The van der Waals surface area contributed by atoms with Crippen LogP contribution in [0.15, 0.2) is 80.8 Å². The van der Waals surface area contributed by atoms with E-state index in [1.807, 2.05) is 73.7 Å². The second-order valence-electron chi connectivity index (χ2n) is 10.6. The third-order valence-corrected chi connectivity index (χ3v) is 7.90. The molecule has 0 bridgehead atoms. The minimum atomic E-state index is -0.598. The molecule has 3 aromatic carbocycles. The van der Waals surface area contributed by atoms with Crippen LogP contribution in [0.4, 0.5) is 0 Å². The molecule has 1 unspecified atom stereocenters. The molecule has 8 heteroatoms. The number of fused-ring (bicyclic) bond motifs is 1. The van der Waals surface area contributed by atoms with Crippen molar-refractivity contribution in [3.05, 3.63) is 121 Å². The predicted octanol–water partition coefficient (Wildman–Crippen LogP) is 5.46. The van der Waals surface area contributed by atoms with E-state index in [2.05, 4.69) is 17.1 Å². The summed E-state index contributed by atoms with van der Waals surface area (Å²) in [6.45, 7) is 4.02. The highest BCUT2D eigenvalue weighted by Gasteiger charge is 2.22. The Hall–Kier alpha value is -4.56. The van der Waals surface area contributed by atoms with Crippen LogP contribution in [0.2, 0.25) is 0 Å². The summed E-state index contributed by atoms with van der Waals surface area (Å²) < 4.78 is 6.42. The summed E-state index contributed by atoms with van der Waals surface area (Å²) in [5.74, 6) is 0.447. The molecule has 1 atom stereocenters. The predicted molar refractivity (Wildman–Crippen MR) is 157 cm³/mol. The van der Waals surface area contributed by atoms with Crippen LogP contribution in [0.1, 0.15) is 66.1 Å². The first-order valence-corrected chi connectivity index (χ1v) is 14.1. The molecule has 0 saturated heterocycles. The second kappa shape index (κ2) is 11.1. The van der Waals surface area contributed by atoms with Crippen molar-refractivity contribution in [2.75, 3.05) is 0 Å². The fourth-order valence-electron chi connectivity index (χ4n) is 5.76. The number of nitrogens with one attached hydrogen (secondary N) is 1. The van der Waals surface area contributed by atoms with Gasteiger partial charge in [0.05, 0.1) is 17.5 Å². The van der Waals surface area contributed by atoms with Crippen molar-refractivity contribution in [3.63, 3.8) is 0 Å². The number of hydrogen-bond donors (Lipinski definition) is 2. The molecular formula is C33H32N4O4. The number of benzene rings is 3. The van der Waals surface area contributed by atoms with Gasteiger partial charge in [0, 0.05) is 17.5 Å². The maximum atomic E-state index is 14.1. The molecule has 8 nitrogen and oxygen atoms in total. The minimum Gasteiger partial charge on any atom is -0.388 e. The summed E-state index contributed by atoms with van der Waals surface area (Å²) >= 11 is 0. The number of hydrogen-bond acceptors (Lipinski definition) is 6. The maximum absolute atomic E-state index is 14.1. The van der Waals surface area contributed by atoms with E-state index in [1.165, 1.54) is 0 Å². The van der Waals surface area contributed by atoms with Gasteiger partial charge in [0.2, 0.25) is 0 Å². The molecule has 208 valence electrons. The van der Waals surface area contributed by atoms with Gasteiger partial charge in [0.25, 0.3) is 5.56 Å². The first-order chi connectivity index (χ1) is 19.9. The quantitative estimate of drug-likeness (QED) is 0.266. The fraction of sp³-hybridized carbons (Fsp3) is 0.273. The van der Waals surface area contributed by atoms with Crippen LogP contribution in [0, 0.1) is 6.92 Å². The summed E-state index contributed by atoms with van der Waals surface area (Å²) in [6.07, 6.45) is 4.27. The molecule has 0 fully saturated rings. The lowest BCUT2D eigenvalue weighted by Gasteiger charge is -2.17. The highest BCUT2D eigenvalue weighted by Crippen LogP contribution is 2.33. The Labute approximate surface area is 237 Å². The highest BCUT2D eigenvalue weighted by molar-refractivity contribution is 5.80. The summed E-state index contributed by atoms with van der Waals surface area (Å²) in [5, 5.41) is 14.1. The second-order valence-corrected chi connectivity index (χ2v) is 10.6. The standard InChI is InChI=1S/C33H32N4O4/c1-3-4-9-29-28(32(39)37(20(2)34-29)24-15-16-26-23(19-24)14-17-30(26)38)18-21-10-12-22(13-11-21)25-7-5-6-8-27(25)31-35-33(40)41-36-31/h5-8,10-13,15-16,19,30,38H,3-4,9,14,17-18H2,1-2H3,(H,35,36,40). The lowest BCUT2D eigenvalue weighted by Crippen LogP contribution is -2.28. The third-order valence-electron chi connectivity index (χ3n) is 7.90. The average molecular weight is 549 g/mol. The molecule has 2 heterocycles.